The Morgan fingerprint density at radius 2 is 1.96 bits per heavy atom. The van der Waals surface area contributed by atoms with E-state index in [1.807, 2.05) is 6.20 Å². The number of nitrogens with zero attached hydrogens (tertiary/aromatic N) is 4. The Bertz CT molecular complexity index is 527. The van der Waals surface area contributed by atoms with E-state index in [2.05, 4.69) is 44.3 Å². The predicted octanol–water partition coefficient (Wildman–Crippen LogP) is 1.57. The number of nitrogens with one attached hydrogen (secondary N) is 1. The summed E-state index contributed by atoms with van der Waals surface area (Å²) in [5, 5.41) is 3.35. The fourth-order valence-electron chi connectivity index (χ4n) is 3.41. The van der Waals surface area contributed by atoms with Gasteiger partial charge in [-0.3, -0.25) is 0 Å². The molecule has 1 aliphatic carbocycles. The quantitative estimate of drug-likeness (QED) is 0.648. The van der Waals surface area contributed by atoms with Crippen LogP contribution in [-0.4, -0.2) is 55.1 Å². The first kappa shape index (κ1) is 17.0. The normalized spacial score (nSPS) is 21.0. The summed E-state index contributed by atoms with van der Waals surface area (Å²) in [6.45, 7) is 4.86. The van der Waals surface area contributed by atoms with Gasteiger partial charge >= 0.3 is 0 Å². The molecule has 3 rings (SSSR count). The van der Waals surface area contributed by atoms with E-state index in [1.165, 1.54) is 32.1 Å². The second-order valence-corrected chi connectivity index (χ2v) is 7.00. The first-order chi connectivity index (χ1) is 11.7. The minimum atomic E-state index is 0.500. The number of aliphatic imine (C=N–C) groups is 1. The zero-order valence-electron chi connectivity index (χ0n) is 14.7. The summed E-state index contributed by atoms with van der Waals surface area (Å²) < 4.78 is 0. The van der Waals surface area contributed by atoms with Gasteiger partial charge in [-0.15, -0.1) is 0 Å². The van der Waals surface area contributed by atoms with Crippen LogP contribution in [0, 0.1) is 0 Å². The van der Waals surface area contributed by atoms with Gasteiger partial charge in [-0.2, -0.15) is 0 Å². The highest BCUT2D eigenvalue weighted by molar-refractivity contribution is 5.78. The lowest BCUT2D eigenvalue weighted by Gasteiger charge is -2.33. The molecule has 24 heavy (non-hydrogen) atoms. The molecule has 0 aromatic carbocycles. The molecule has 0 bridgehead atoms. The summed E-state index contributed by atoms with van der Waals surface area (Å²) in [5.41, 5.74) is 7.12. The van der Waals surface area contributed by atoms with E-state index >= 15 is 0 Å². The molecular weight excluding hydrogens is 300 g/mol. The molecular formula is C18H30N6. The molecule has 0 spiro atoms. The van der Waals surface area contributed by atoms with Crippen LogP contribution in [0.1, 0.15) is 37.7 Å². The Kier molecular flexibility index (Phi) is 5.91. The van der Waals surface area contributed by atoms with E-state index in [9.17, 15) is 0 Å². The predicted molar refractivity (Wildman–Crippen MR) is 99.3 cm³/mol. The van der Waals surface area contributed by atoms with Gasteiger partial charge in [-0.1, -0.05) is 25.3 Å². The maximum Gasteiger partial charge on any atom is 0.189 e. The van der Waals surface area contributed by atoms with Crippen molar-refractivity contribution in [3.63, 3.8) is 0 Å². The summed E-state index contributed by atoms with van der Waals surface area (Å²) in [6.07, 6.45) is 8.27. The maximum atomic E-state index is 6.02. The first-order valence-electron chi connectivity index (χ1n) is 9.15. The molecule has 1 aromatic rings. The van der Waals surface area contributed by atoms with Crippen molar-refractivity contribution in [1.29, 1.82) is 0 Å². The number of piperazine rings is 1. The molecule has 0 radical (unpaired) electrons. The Morgan fingerprint density at radius 1 is 1.21 bits per heavy atom. The van der Waals surface area contributed by atoms with Gasteiger partial charge in [0.1, 0.15) is 5.82 Å². The minimum Gasteiger partial charge on any atom is -0.370 e. The summed E-state index contributed by atoms with van der Waals surface area (Å²) in [4.78, 5) is 13.7. The highest BCUT2D eigenvalue weighted by Crippen LogP contribution is 2.17. The molecule has 2 fully saturated rings. The Balaban J connectivity index is 1.49. The van der Waals surface area contributed by atoms with Gasteiger partial charge in [0.25, 0.3) is 0 Å². The number of hydrogen-bond donors (Lipinski definition) is 2. The molecule has 1 aromatic heterocycles. The molecule has 6 nitrogen and oxygen atoms in total. The number of guanidine groups is 1. The van der Waals surface area contributed by atoms with Crippen LogP contribution in [0.2, 0.25) is 0 Å². The van der Waals surface area contributed by atoms with Gasteiger partial charge in [-0.05, 0) is 31.5 Å². The number of nitrogens with two attached hydrogens (primary N) is 1. The van der Waals surface area contributed by atoms with E-state index in [0.29, 0.717) is 18.5 Å². The van der Waals surface area contributed by atoms with E-state index in [0.717, 1.165) is 37.6 Å². The SMILES string of the molecule is CN1CCN(c2ccc(CN=C(N)NC3CCCCC3)cn2)CC1. The van der Waals surface area contributed by atoms with Crippen molar-refractivity contribution in [1.82, 2.24) is 15.2 Å². The second-order valence-electron chi connectivity index (χ2n) is 7.00. The average Bonchev–Trinajstić information content (AvgIpc) is 2.62. The highest BCUT2D eigenvalue weighted by Gasteiger charge is 2.15. The Morgan fingerprint density at radius 3 is 2.62 bits per heavy atom. The van der Waals surface area contributed by atoms with Crippen LogP contribution in [0.3, 0.4) is 0 Å². The molecule has 0 amide bonds. The van der Waals surface area contributed by atoms with E-state index in [4.69, 9.17) is 5.73 Å². The fourth-order valence-corrected chi connectivity index (χ4v) is 3.41. The van der Waals surface area contributed by atoms with Crippen molar-refractivity contribution in [3.8, 4) is 0 Å². The number of rotatable bonds is 4. The van der Waals surface area contributed by atoms with Crippen LogP contribution in [0.4, 0.5) is 5.82 Å². The molecule has 1 aliphatic heterocycles. The van der Waals surface area contributed by atoms with Crippen LogP contribution in [0.25, 0.3) is 0 Å². The molecule has 132 valence electrons. The van der Waals surface area contributed by atoms with Gasteiger partial charge in [0.05, 0.1) is 6.54 Å². The lowest BCUT2D eigenvalue weighted by atomic mass is 9.96. The van der Waals surface area contributed by atoms with Crippen LogP contribution in [-0.2, 0) is 6.54 Å². The van der Waals surface area contributed by atoms with Crippen LogP contribution >= 0.6 is 0 Å². The summed E-state index contributed by atoms with van der Waals surface area (Å²) >= 11 is 0. The number of hydrogen-bond acceptors (Lipinski definition) is 4. The zero-order chi connectivity index (χ0) is 16.8. The summed E-state index contributed by atoms with van der Waals surface area (Å²) in [7, 11) is 2.16. The van der Waals surface area contributed by atoms with Gasteiger partial charge in [-0.25, -0.2) is 9.98 Å². The van der Waals surface area contributed by atoms with Crippen molar-refractivity contribution < 1.29 is 0 Å². The van der Waals surface area contributed by atoms with E-state index < -0.39 is 0 Å². The second kappa shape index (κ2) is 8.33. The minimum absolute atomic E-state index is 0.500. The molecule has 3 N–H and O–H groups in total. The van der Waals surface area contributed by atoms with Gasteiger partial charge in [0, 0.05) is 38.4 Å². The topological polar surface area (TPSA) is 69.8 Å². The number of anilines is 1. The zero-order valence-corrected chi connectivity index (χ0v) is 14.7. The van der Waals surface area contributed by atoms with Crippen LogP contribution in [0.5, 0.6) is 0 Å². The molecule has 1 saturated heterocycles. The standard InChI is InChI=1S/C18H30N6/c1-23-9-11-24(12-10-23)17-8-7-15(13-20-17)14-21-18(19)22-16-5-3-2-4-6-16/h7-8,13,16H,2-6,9-12,14H2,1H3,(H3,19,21,22). The van der Waals surface area contributed by atoms with E-state index in [-0.39, 0.29) is 0 Å². The summed E-state index contributed by atoms with van der Waals surface area (Å²) in [5.74, 6) is 1.62. The van der Waals surface area contributed by atoms with Crippen molar-refractivity contribution in [3.05, 3.63) is 23.9 Å². The molecule has 1 saturated carbocycles. The molecule has 2 aliphatic rings. The molecule has 0 unspecified atom stereocenters. The molecule has 6 heteroatoms. The van der Waals surface area contributed by atoms with Crippen molar-refractivity contribution in [2.24, 2.45) is 10.7 Å². The maximum absolute atomic E-state index is 6.02. The summed E-state index contributed by atoms with van der Waals surface area (Å²) in [6, 6.07) is 4.71. The van der Waals surface area contributed by atoms with Gasteiger partial charge < -0.3 is 20.9 Å². The molecule has 2 heterocycles. The lowest BCUT2D eigenvalue weighted by molar-refractivity contribution is 0.312. The first-order valence-corrected chi connectivity index (χ1v) is 9.15. The van der Waals surface area contributed by atoms with Crippen molar-refractivity contribution >= 4 is 11.8 Å². The Labute approximate surface area is 145 Å². The van der Waals surface area contributed by atoms with Crippen molar-refractivity contribution in [2.45, 2.75) is 44.7 Å². The molecule has 0 atom stereocenters. The number of likely N-dealkylation sites (N-methyl/N-ethyl adjacent to an activating group) is 1. The van der Waals surface area contributed by atoms with Gasteiger partial charge in [0.2, 0.25) is 0 Å². The van der Waals surface area contributed by atoms with Crippen LogP contribution in [0.15, 0.2) is 23.3 Å². The highest BCUT2D eigenvalue weighted by atomic mass is 15.3. The largest absolute Gasteiger partial charge is 0.370 e. The van der Waals surface area contributed by atoms with Crippen LogP contribution < -0.4 is 16.0 Å². The number of aromatic nitrogens is 1. The Hall–Kier alpha value is -1.82. The third kappa shape index (κ3) is 4.84. The van der Waals surface area contributed by atoms with Gasteiger partial charge in [0.15, 0.2) is 5.96 Å². The van der Waals surface area contributed by atoms with Crippen molar-refractivity contribution in [2.75, 3.05) is 38.1 Å². The van der Waals surface area contributed by atoms with E-state index in [1.54, 1.807) is 0 Å². The fraction of sp³-hybridized carbons (Fsp3) is 0.667. The smallest absolute Gasteiger partial charge is 0.189 e. The average molecular weight is 330 g/mol. The monoisotopic (exact) mass is 330 g/mol. The third-order valence-corrected chi connectivity index (χ3v) is 5.03. The lowest BCUT2D eigenvalue weighted by Crippen LogP contribution is -2.44. The number of pyridine rings is 1. The third-order valence-electron chi connectivity index (χ3n) is 5.03.